The second-order valence-corrected chi connectivity index (χ2v) is 12.2. The number of aliphatic hydroxyl groups is 3. The third-order valence-corrected chi connectivity index (χ3v) is 8.79. The Balaban J connectivity index is 1.23. The lowest BCUT2D eigenvalue weighted by Gasteiger charge is -2.20. The molecule has 1 fully saturated rings. The number of anilines is 3. The fourth-order valence-corrected chi connectivity index (χ4v) is 6.33. The van der Waals surface area contributed by atoms with Gasteiger partial charge in [-0.3, -0.25) is 9.48 Å². The lowest BCUT2D eigenvalue weighted by Crippen LogP contribution is -2.44. The van der Waals surface area contributed by atoms with Crippen LogP contribution in [0.25, 0.3) is 17.1 Å². The Hall–Kier alpha value is -6.17. The maximum absolute atomic E-state index is 12.6. The number of nitrogens with zero attached hydrogens (tertiary/aromatic N) is 8. The number of rotatable bonds is 11. The molecule has 3 amide bonds. The first-order chi connectivity index (χ1) is 24.8. The zero-order valence-electron chi connectivity index (χ0n) is 27.4. The van der Waals surface area contributed by atoms with Crippen LogP contribution in [-0.4, -0.2) is 97.7 Å². The van der Waals surface area contributed by atoms with E-state index in [2.05, 4.69) is 60.7 Å². The summed E-state index contributed by atoms with van der Waals surface area (Å²) in [6.45, 7) is -0.310. The van der Waals surface area contributed by atoms with Gasteiger partial charge in [-0.25, -0.2) is 14.5 Å². The molecule has 7 N–H and O–H groups in total. The zero-order valence-corrected chi connectivity index (χ0v) is 27.4. The van der Waals surface area contributed by atoms with Gasteiger partial charge in [0.05, 0.1) is 48.4 Å². The number of imidazole rings is 1. The number of hydrogen-bond donors (Lipinski definition) is 7. The monoisotopic (exact) mass is 692 g/mol. The quantitative estimate of drug-likeness (QED) is 0.104. The number of amides is 3. The first kappa shape index (κ1) is 33.3. The van der Waals surface area contributed by atoms with Crippen LogP contribution in [-0.2, 0) is 11.8 Å². The largest absolute Gasteiger partial charge is 0.388 e. The molecule has 1 saturated carbocycles. The molecule has 0 saturated heterocycles. The van der Waals surface area contributed by atoms with E-state index in [-0.39, 0.29) is 18.3 Å². The summed E-state index contributed by atoms with van der Waals surface area (Å²) in [5.41, 5.74) is 3.82. The third kappa shape index (κ3) is 7.11. The molecular formula is C34H36N12O5. The molecule has 0 unspecified atom stereocenters. The van der Waals surface area contributed by atoms with Crippen molar-refractivity contribution in [2.45, 2.75) is 36.6 Å². The first-order valence-corrected chi connectivity index (χ1v) is 16.2. The van der Waals surface area contributed by atoms with Gasteiger partial charge in [0.25, 0.3) is 5.95 Å². The van der Waals surface area contributed by atoms with Crippen LogP contribution in [0.2, 0.25) is 0 Å². The number of nitrogens with one attached hydrogen (secondary N) is 4. The van der Waals surface area contributed by atoms with Crippen molar-refractivity contribution in [1.82, 2.24) is 44.4 Å². The second-order valence-electron chi connectivity index (χ2n) is 12.2. The molecule has 0 radical (unpaired) electrons. The maximum Gasteiger partial charge on any atom is 0.323 e. The van der Waals surface area contributed by atoms with Crippen LogP contribution >= 0.6 is 0 Å². The number of carbonyl (C=O) groups is 2. The lowest BCUT2D eigenvalue weighted by molar-refractivity contribution is -0.125. The van der Waals surface area contributed by atoms with E-state index < -0.39 is 42.8 Å². The minimum Gasteiger partial charge on any atom is -0.388 e. The average Bonchev–Trinajstić information content (AvgIpc) is 3.94. The molecule has 262 valence electrons. The second kappa shape index (κ2) is 14.4. The SMILES string of the molecule is Cn1cc(NC(=O)Nc2cnn(-c3nc(NCC(c4ccccc4)c4ccccc4)c4ncn([C@@H]5C[C@H](NC(=O)CO)[C@@H](O)[C@H]5O)c4n3)c2)cn1. The molecule has 1 aliphatic carbocycles. The van der Waals surface area contributed by atoms with Crippen molar-refractivity contribution >= 4 is 40.3 Å². The van der Waals surface area contributed by atoms with Crippen molar-refractivity contribution < 1.29 is 24.9 Å². The smallest absolute Gasteiger partial charge is 0.323 e. The summed E-state index contributed by atoms with van der Waals surface area (Å²) in [5, 5.41) is 51.0. The normalized spacial score (nSPS) is 18.6. The van der Waals surface area contributed by atoms with Gasteiger partial charge in [0.2, 0.25) is 5.91 Å². The van der Waals surface area contributed by atoms with E-state index in [0.717, 1.165) is 11.1 Å². The molecule has 2 aromatic carbocycles. The summed E-state index contributed by atoms with van der Waals surface area (Å²) < 4.78 is 4.61. The van der Waals surface area contributed by atoms with Crippen molar-refractivity contribution in [3.05, 3.63) is 103 Å². The summed E-state index contributed by atoms with van der Waals surface area (Å²) in [4.78, 5) is 38.8. The van der Waals surface area contributed by atoms with Crippen LogP contribution in [0.3, 0.4) is 0 Å². The summed E-state index contributed by atoms with van der Waals surface area (Å²) in [6, 6.07) is 18.1. The zero-order chi connectivity index (χ0) is 35.5. The van der Waals surface area contributed by atoms with E-state index >= 15 is 0 Å². The van der Waals surface area contributed by atoms with Gasteiger partial charge >= 0.3 is 6.03 Å². The standard InChI is InChI=1S/C34H36N12O5/c1-44-16-22(13-37-44)39-34(51)40-23-14-38-46(17-23)33-42-31(35-15-24(20-8-4-2-5-9-20)21-10-6-3-7-11-21)28-32(43-33)45(19-36-28)26-12-25(29(49)30(26)50)41-27(48)18-47/h2-11,13-14,16-17,19,24-26,29-30,47,49-50H,12,15,18H2,1H3,(H,41,48)(H,35,42,43)(H2,39,40,51)/t25-,26+,29+,30-/m0/s1. The van der Waals surface area contributed by atoms with Gasteiger partial charge in [-0.05, 0) is 17.5 Å². The summed E-state index contributed by atoms with van der Waals surface area (Å²) in [7, 11) is 1.74. The first-order valence-electron chi connectivity index (χ1n) is 16.2. The molecule has 17 heteroatoms. The number of aryl methyl sites for hydroxylation is 1. The Morgan fingerprint density at radius 2 is 1.57 bits per heavy atom. The van der Waals surface area contributed by atoms with Crippen LogP contribution in [0.1, 0.15) is 29.5 Å². The Kier molecular flexibility index (Phi) is 9.38. The molecular weight excluding hydrogens is 656 g/mol. The van der Waals surface area contributed by atoms with Gasteiger partial charge in [-0.15, -0.1) is 0 Å². The van der Waals surface area contributed by atoms with Crippen molar-refractivity contribution in [1.29, 1.82) is 0 Å². The highest BCUT2D eigenvalue weighted by Crippen LogP contribution is 2.35. The van der Waals surface area contributed by atoms with Gasteiger partial charge in [-0.2, -0.15) is 20.2 Å². The molecule has 7 rings (SSSR count). The number of urea groups is 1. The van der Waals surface area contributed by atoms with Crippen molar-refractivity contribution in [3.8, 4) is 5.95 Å². The Bertz CT molecular complexity index is 2090. The highest BCUT2D eigenvalue weighted by atomic mass is 16.3. The van der Waals surface area contributed by atoms with Crippen molar-refractivity contribution in [3.63, 3.8) is 0 Å². The van der Waals surface area contributed by atoms with Gasteiger partial charge in [-0.1, -0.05) is 60.7 Å². The van der Waals surface area contributed by atoms with E-state index in [9.17, 15) is 24.9 Å². The van der Waals surface area contributed by atoms with E-state index in [1.807, 2.05) is 36.4 Å². The molecule has 0 spiro atoms. The lowest BCUT2D eigenvalue weighted by atomic mass is 9.91. The molecule has 0 bridgehead atoms. The van der Waals surface area contributed by atoms with E-state index in [0.29, 0.717) is 34.9 Å². The van der Waals surface area contributed by atoms with Gasteiger partial charge in [0.1, 0.15) is 18.8 Å². The Morgan fingerprint density at radius 1 is 0.902 bits per heavy atom. The summed E-state index contributed by atoms with van der Waals surface area (Å²) in [5.74, 6) is -0.184. The maximum atomic E-state index is 12.6. The van der Waals surface area contributed by atoms with E-state index in [1.165, 1.54) is 23.4 Å². The third-order valence-electron chi connectivity index (χ3n) is 8.79. The molecule has 51 heavy (non-hydrogen) atoms. The van der Waals surface area contributed by atoms with Gasteiger partial charge in [0.15, 0.2) is 17.0 Å². The predicted molar refractivity (Wildman–Crippen MR) is 186 cm³/mol. The minimum absolute atomic E-state index is 0.0514. The number of benzene rings is 2. The fraction of sp³-hybridized carbons (Fsp3) is 0.265. The van der Waals surface area contributed by atoms with Crippen LogP contribution < -0.4 is 21.3 Å². The molecule has 6 aromatic rings. The molecule has 4 atom stereocenters. The number of carbonyl (C=O) groups excluding carboxylic acids is 2. The van der Waals surface area contributed by atoms with Crippen molar-refractivity contribution in [2.24, 2.45) is 7.05 Å². The van der Waals surface area contributed by atoms with Crippen LogP contribution in [0.5, 0.6) is 0 Å². The highest BCUT2D eigenvalue weighted by Gasteiger charge is 2.44. The van der Waals surface area contributed by atoms with E-state index in [4.69, 9.17) is 9.97 Å². The topological polar surface area (TPSA) is 222 Å². The van der Waals surface area contributed by atoms with Crippen LogP contribution in [0, 0.1) is 0 Å². The predicted octanol–water partition coefficient (Wildman–Crippen LogP) is 1.78. The number of fused-ring (bicyclic) bond motifs is 1. The van der Waals surface area contributed by atoms with E-state index in [1.54, 1.807) is 28.7 Å². The summed E-state index contributed by atoms with van der Waals surface area (Å²) >= 11 is 0. The summed E-state index contributed by atoms with van der Waals surface area (Å²) in [6.07, 6.45) is 5.27. The molecule has 4 heterocycles. The molecule has 1 aliphatic rings. The number of aliphatic hydroxyl groups excluding tert-OH is 3. The van der Waals surface area contributed by atoms with Gasteiger partial charge < -0.3 is 41.2 Å². The average molecular weight is 693 g/mol. The van der Waals surface area contributed by atoms with Gasteiger partial charge in [0, 0.05) is 25.7 Å². The van der Waals surface area contributed by atoms with Crippen LogP contribution in [0.15, 0.2) is 91.8 Å². The Morgan fingerprint density at radius 3 is 2.22 bits per heavy atom. The fourth-order valence-electron chi connectivity index (χ4n) is 6.33. The number of aromatic nitrogens is 8. The molecule has 4 aromatic heterocycles. The molecule has 0 aliphatic heterocycles. The van der Waals surface area contributed by atoms with Crippen molar-refractivity contribution in [2.75, 3.05) is 29.1 Å². The highest BCUT2D eigenvalue weighted by molar-refractivity contribution is 5.99. The molecule has 17 nitrogen and oxygen atoms in total. The Labute approximate surface area is 291 Å². The number of hydrogen-bond acceptors (Lipinski definition) is 11. The van der Waals surface area contributed by atoms with Crippen LogP contribution in [0.4, 0.5) is 22.0 Å². The minimum atomic E-state index is -1.29.